The van der Waals surface area contributed by atoms with Crippen molar-refractivity contribution in [3.63, 3.8) is 0 Å². The lowest BCUT2D eigenvalue weighted by Gasteiger charge is -2.30. The summed E-state index contributed by atoms with van der Waals surface area (Å²) in [6.07, 6.45) is 1.50. The Kier molecular flexibility index (Phi) is 3.60. The predicted molar refractivity (Wildman–Crippen MR) is 74.7 cm³/mol. The van der Waals surface area contributed by atoms with Crippen molar-refractivity contribution in [3.05, 3.63) is 30.0 Å². The number of carbonyl (C=O) groups is 2. The molecule has 1 aromatic heterocycles. The van der Waals surface area contributed by atoms with Crippen molar-refractivity contribution >= 4 is 22.8 Å². The summed E-state index contributed by atoms with van der Waals surface area (Å²) in [6.45, 7) is 0.891. The molecule has 1 N–H and O–H groups in total. The van der Waals surface area contributed by atoms with Gasteiger partial charge in [-0.15, -0.1) is 0 Å². The van der Waals surface area contributed by atoms with E-state index in [1.54, 1.807) is 11.0 Å². The number of nitrogens with zero attached hydrogens (tertiary/aromatic N) is 2. The van der Waals surface area contributed by atoms with Crippen LogP contribution >= 0.6 is 0 Å². The van der Waals surface area contributed by atoms with Crippen LogP contribution in [0.4, 0.5) is 0 Å². The third kappa shape index (κ3) is 2.74. The highest BCUT2D eigenvalue weighted by atomic mass is 16.5. The van der Waals surface area contributed by atoms with Crippen molar-refractivity contribution in [1.82, 2.24) is 10.1 Å². The average molecular weight is 288 g/mol. The van der Waals surface area contributed by atoms with Crippen LogP contribution < -0.4 is 0 Å². The topological polar surface area (TPSA) is 83.6 Å². The molecule has 0 bridgehead atoms. The van der Waals surface area contributed by atoms with Gasteiger partial charge in [-0.05, 0) is 25.0 Å². The molecular weight excluding hydrogens is 272 g/mol. The average Bonchev–Trinajstić information content (AvgIpc) is 2.91. The number of likely N-dealkylation sites (tertiary alicyclic amines) is 1. The summed E-state index contributed by atoms with van der Waals surface area (Å²) in [7, 11) is 0. The molecular formula is C15H16N2O4. The fourth-order valence-corrected chi connectivity index (χ4v) is 2.73. The second-order valence-corrected chi connectivity index (χ2v) is 5.32. The van der Waals surface area contributed by atoms with Crippen molar-refractivity contribution in [2.75, 3.05) is 13.1 Å². The quantitative estimate of drug-likeness (QED) is 0.929. The fraction of sp³-hybridized carbons (Fsp3) is 0.400. The van der Waals surface area contributed by atoms with Crippen LogP contribution in [-0.2, 0) is 16.0 Å². The molecule has 1 aliphatic heterocycles. The summed E-state index contributed by atoms with van der Waals surface area (Å²) in [4.78, 5) is 25.0. The zero-order valence-corrected chi connectivity index (χ0v) is 11.5. The number of amides is 1. The van der Waals surface area contributed by atoms with Crippen molar-refractivity contribution in [1.29, 1.82) is 0 Å². The number of fused-ring (bicyclic) bond motifs is 1. The van der Waals surface area contributed by atoms with Crippen LogP contribution in [0.25, 0.3) is 11.0 Å². The highest BCUT2D eigenvalue weighted by Crippen LogP contribution is 2.21. The van der Waals surface area contributed by atoms with Gasteiger partial charge in [0.05, 0.1) is 12.3 Å². The van der Waals surface area contributed by atoms with E-state index in [0.717, 1.165) is 11.8 Å². The molecule has 1 atom stereocenters. The lowest BCUT2D eigenvalue weighted by atomic mass is 9.98. The van der Waals surface area contributed by atoms with Crippen LogP contribution in [0.1, 0.15) is 18.5 Å². The standard InChI is InChI=1S/C15H16N2O4/c18-14(17-7-3-4-10(9-17)15(19)20)8-12-11-5-1-2-6-13(11)21-16-12/h1-2,5-6,10H,3-4,7-9H2,(H,19,20)/t10-/m0/s1. The maximum absolute atomic E-state index is 12.3. The summed E-state index contributed by atoms with van der Waals surface area (Å²) in [5, 5.41) is 13.8. The molecule has 2 heterocycles. The Hall–Kier alpha value is -2.37. The van der Waals surface area contributed by atoms with Gasteiger partial charge in [0.25, 0.3) is 0 Å². The van der Waals surface area contributed by atoms with E-state index in [4.69, 9.17) is 9.63 Å². The number of carbonyl (C=O) groups excluding carboxylic acids is 1. The summed E-state index contributed by atoms with van der Waals surface area (Å²) < 4.78 is 5.18. The van der Waals surface area contributed by atoms with Crippen LogP contribution in [0.15, 0.2) is 28.8 Å². The van der Waals surface area contributed by atoms with E-state index >= 15 is 0 Å². The minimum atomic E-state index is -0.834. The highest BCUT2D eigenvalue weighted by molar-refractivity contribution is 5.86. The summed E-state index contributed by atoms with van der Waals surface area (Å²) in [5.74, 6) is -1.39. The van der Waals surface area contributed by atoms with Gasteiger partial charge in [-0.25, -0.2) is 0 Å². The molecule has 110 valence electrons. The molecule has 2 aromatic rings. The zero-order chi connectivity index (χ0) is 14.8. The number of benzene rings is 1. The van der Waals surface area contributed by atoms with Crippen molar-refractivity contribution in [3.8, 4) is 0 Å². The number of piperidine rings is 1. The summed E-state index contributed by atoms with van der Waals surface area (Å²) in [6, 6.07) is 7.39. The zero-order valence-electron chi connectivity index (χ0n) is 11.5. The molecule has 0 aliphatic carbocycles. The number of hydrogen-bond donors (Lipinski definition) is 1. The number of aliphatic carboxylic acids is 1. The lowest BCUT2D eigenvalue weighted by Crippen LogP contribution is -2.43. The van der Waals surface area contributed by atoms with Gasteiger partial charge < -0.3 is 14.5 Å². The van der Waals surface area contributed by atoms with Crippen molar-refractivity contribution < 1.29 is 19.2 Å². The molecule has 0 spiro atoms. The number of para-hydroxylation sites is 1. The van der Waals surface area contributed by atoms with Crippen LogP contribution in [0.5, 0.6) is 0 Å². The second kappa shape index (κ2) is 5.55. The smallest absolute Gasteiger partial charge is 0.308 e. The number of carboxylic acids is 1. The van der Waals surface area contributed by atoms with E-state index < -0.39 is 11.9 Å². The van der Waals surface area contributed by atoms with Gasteiger partial charge in [0.2, 0.25) is 5.91 Å². The van der Waals surface area contributed by atoms with E-state index in [1.165, 1.54) is 0 Å². The molecule has 21 heavy (non-hydrogen) atoms. The third-order valence-corrected chi connectivity index (χ3v) is 3.89. The molecule has 1 amide bonds. The minimum absolute atomic E-state index is 0.0972. The van der Waals surface area contributed by atoms with Crippen LogP contribution in [0.2, 0.25) is 0 Å². The number of carboxylic acid groups (broad SMARTS) is 1. The maximum Gasteiger partial charge on any atom is 0.308 e. The highest BCUT2D eigenvalue weighted by Gasteiger charge is 2.28. The second-order valence-electron chi connectivity index (χ2n) is 5.32. The largest absolute Gasteiger partial charge is 0.481 e. The molecule has 1 aliphatic rings. The van der Waals surface area contributed by atoms with Crippen molar-refractivity contribution in [2.24, 2.45) is 5.92 Å². The molecule has 1 fully saturated rings. The van der Waals surface area contributed by atoms with Gasteiger partial charge in [0, 0.05) is 18.5 Å². The number of aromatic nitrogens is 1. The first-order valence-corrected chi connectivity index (χ1v) is 6.99. The lowest BCUT2D eigenvalue weighted by molar-refractivity contribution is -0.145. The van der Waals surface area contributed by atoms with Gasteiger partial charge in [-0.1, -0.05) is 17.3 Å². The van der Waals surface area contributed by atoms with Crippen molar-refractivity contribution in [2.45, 2.75) is 19.3 Å². The Morgan fingerprint density at radius 3 is 3.00 bits per heavy atom. The van der Waals surface area contributed by atoms with Gasteiger partial charge in [-0.3, -0.25) is 9.59 Å². The van der Waals surface area contributed by atoms with Gasteiger partial charge >= 0.3 is 5.97 Å². The molecule has 0 radical (unpaired) electrons. The van der Waals surface area contributed by atoms with Crippen LogP contribution in [-0.4, -0.2) is 40.1 Å². The molecule has 0 saturated carbocycles. The first kappa shape index (κ1) is 13.6. The predicted octanol–water partition coefficient (Wildman–Crippen LogP) is 1.69. The summed E-state index contributed by atoms with van der Waals surface area (Å²) in [5.41, 5.74) is 1.26. The number of rotatable bonds is 3. The van der Waals surface area contributed by atoms with E-state index in [2.05, 4.69) is 5.16 Å². The van der Waals surface area contributed by atoms with Crippen LogP contribution in [0.3, 0.4) is 0 Å². The first-order chi connectivity index (χ1) is 10.1. The Morgan fingerprint density at radius 2 is 2.19 bits per heavy atom. The summed E-state index contributed by atoms with van der Waals surface area (Å²) >= 11 is 0. The Balaban J connectivity index is 1.72. The van der Waals surface area contributed by atoms with Gasteiger partial charge in [-0.2, -0.15) is 0 Å². The normalized spacial score (nSPS) is 18.9. The third-order valence-electron chi connectivity index (χ3n) is 3.89. The van der Waals surface area contributed by atoms with E-state index in [-0.39, 0.29) is 18.9 Å². The molecule has 0 unspecified atom stereocenters. The number of hydrogen-bond acceptors (Lipinski definition) is 4. The fourth-order valence-electron chi connectivity index (χ4n) is 2.73. The Morgan fingerprint density at radius 1 is 1.38 bits per heavy atom. The minimum Gasteiger partial charge on any atom is -0.481 e. The van der Waals surface area contributed by atoms with Gasteiger partial charge in [0.15, 0.2) is 5.58 Å². The Labute approximate surface area is 121 Å². The van der Waals surface area contributed by atoms with Gasteiger partial charge in [0.1, 0.15) is 5.69 Å². The maximum atomic E-state index is 12.3. The molecule has 1 saturated heterocycles. The van der Waals surface area contributed by atoms with E-state index in [9.17, 15) is 9.59 Å². The first-order valence-electron chi connectivity index (χ1n) is 6.99. The molecule has 6 nitrogen and oxygen atoms in total. The molecule has 3 rings (SSSR count). The van der Waals surface area contributed by atoms with E-state index in [0.29, 0.717) is 24.2 Å². The van der Waals surface area contributed by atoms with Crippen LogP contribution in [0, 0.1) is 5.92 Å². The molecule has 6 heteroatoms. The monoisotopic (exact) mass is 288 g/mol. The Bertz CT molecular complexity index is 679. The van der Waals surface area contributed by atoms with E-state index in [1.807, 2.05) is 18.2 Å². The molecule has 1 aromatic carbocycles. The SMILES string of the molecule is O=C(O)[C@H]1CCCN(C(=O)Cc2noc3ccccc23)C1.